The maximum absolute atomic E-state index is 13.7. The van der Waals surface area contributed by atoms with Gasteiger partial charge in [0.2, 0.25) is 11.3 Å². The standard InChI is InChI=1S/C31H44N2O5S/c1-4-7-11-29-30(27-22-24(23-32-39(35)36)12-17-28(27)38-29)31(34)25-13-15-26(16-14-25)37-21-10-20-33(18-8-5-2)19-9-6-3/h12-17,22,32H,4-11,18-21,23H2,1-3H3,(H,35,36). The smallest absolute Gasteiger partial charge is 0.232 e. The lowest BCUT2D eigenvalue weighted by Gasteiger charge is -2.21. The first-order chi connectivity index (χ1) is 19.0. The average molecular weight is 557 g/mol. The molecule has 214 valence electrons. The van der Waals surface area contributed by atoms with Crippen LogP contribution in [-0.2, 0) is 24.2 Å². The maximum Gasteiger partial charge on any atom is 0.232 e. The number of ether oxygens (including phenoxy) is 1. The Kier molecular flexibility index (Phi) is 13.2. The molecular weight excluding hydrogens is 512 g/mol. The van der Waals surface area contributed by atoms with Crippen LogP contribution in [0.4, 0.5) is 0 Å². The van der Waals surface area contributed by atoms with Crippen LogP contribution in [0.25, 0.3) is 11.0 Å². The van der Waals surface area contributed by atoms with E-state index in [-0.39, 0.29) is 12.3 Å². The van der Waals surface area contributed by atoms with Crippen molar-refractivity contribution in [3.8, 4) is 5.75 Å². The first kappa shape index (κ1) is 31.0. The van der Waals surface area contributed by atoms with Gasteiger partial charge in [-0.15, -0.1) is 0 Å². The number of fused-ring (bicyclic) bond motifs is 1. The molecule has 0 saturated carbocycles. The molecule has 39 heavy (non-hydrogen) atoms. The molecule has 0 spiro atoms. The van der Waals surface area contributed by atoms with Crippen molar-refractivity contribution in [1.29, 1.82) is 0 Å². The van der Waals surface area contributed by atoms with Crippen LogP contribution in [0.3, 0.4) is 0 Å². The first-order valence-corrected chi connectivity index (χ1v) is 15.5. The summed E-state index contributed by atoms with van der Waals surface area (Å²) in [6, 6.07) is 12.9. The van der Waals surface area contributed by atoms with Crippen LogP contribution >= 0.6 is 0 Å². The van der Waals surface area contributed by atoms with E-state index in [0.29, 0.717) is 35.5 Å². The molecule has 1 heterocycles. The highest BCUT2D eigenvalue weighted by Gasteiger charge is 2.22. The summed E-state index contributed by atoms with van der Waals surface area (Å²) < 4.78 is 34.7. The summed E-state index contributed by atoms with van der Waals surface area (Å²) in [5, 5.41) is 0.727. The minimum atomic E-state index is -2.11. The van der Waals surface area contributed by atoms with Gasteiger partial charge in [-0.1, -0.05) is 46.1 Å². The third-order valence-electron chi connectivity index (χ3n) is 6.87. The number of carbonyl (C=O) groups excluding carboxylic acids is 1. The van der Waals surface area contributed by atoms with E-state index in [4.69, 9.17) is 13.7 Å². The zero-order valence-electron chi connectivity index (χ0n) is 23.7. The van der Waals surface area contributed by atoms with Gasteiger partial charge in [0.25, 0.3) is 0 Å². The second kappa shape index (κ2) is 16.6. The minimum absolute atomic E-state index is 0.0928. The second-order valence-electron chi connectivity index (χ2n) is 10.0. The Morgan fingerprint density at radius 2 is 1.62 bits per heavy atom. The molecule has 0 bridgehead atoms. The van der Waals surface area contributed by atoms with Gasteiger partial charge in [-0.2, -0.15) is 0 Å². The third-order valence-corrected chi connectivity index (χ3v) is 7.26. The highest BCUT2D eigenvalue weighted by Crippen LogP contribution is 2.31. The van der Waals surface area contributed by atoms with E-state index < -0.39 is 11.3 Å². The van der Waals surface area contributed by atoms with E-state index in [2.05, 4.69) is 30.4 Å². The summed E-state index contributed by atoms with van der Waals surface area (Å²) in [4.78, 5) is 16.2. The van der Waals surface area contributed by atoms with E-state index in [9.17, 15) is 9.00 Å². The Morgan fingerprint density at radius 1 is 0.949 bits per heavy atom. The molecule has 1 atom stereocenters. The lowest BCUT2D eigenvalue weighted by atomic mass is 9.97. The number of rotatable bonds is 19. The number of ketones is 1. The van der Waals surface area contributed by atoms with Crippen molar-refractivity contribution >= 4 is 28.0 Å². The number of hydrogen-bond donors (Lipinski definition) is 2. The summed E-state index contributed by atoms with van der Waals surface area (Å²) in [7, 11) is 0. The van der Waals surface area contributed by atoms with Gasteiger partial charge in [0.1, 0.15) is 17.1 Å². The molecule has 0 radical (unpaired) electrons. The van der Waals surface area contributed by atoms with Gasteiger partial charge in [-0.3, -0.25) is 9.35 Å². The first-order valence-electron chi connectivity index (χ1n) is 14.3. The molecule has 2 N–H and O–H groups in total. The summed E-state index contributed by atoms with van der Waals surface area (Å²) in [6.45, 7) is 10.8. The van der Waals surface area contributed by atoms with Gasteiger partial charge in [0.15, 0.2) is 5.78 Å². The molecule has 8 heteroatoms. The van der Waals surface area contributed by atoms with E-state index in [1.165, 1.54) is 25.7 Å². The van der Waals surface area contributed by atoms with Gasteiger partial charge < -0.3 is 14.1 Å². The predicted molar refractivity (Wildman–Crippen MR) is 159 cm³/mol. The topological polar surface area (TPSA) is 92.0 Å². The molecule has 3 aromatic rings. The van der Waals surface area contributed by atoms with E-state index in [1.54, 1.807) is 0 Å². The van der Waals surface area contributed by atoms with Crippen molar-refractivity contribution in [1.82, 2.24) is 9.62 Å². The molecule has 0 fully saturated rings. The lowest BCUT2D eigenvalue weighted by Crippen LogP contribution is -2.28. The van der Waals surface area contributed by atoms with E-state index in [0.717, 1.165) is 55.6 Å². The number of hydrogen-bond acceptors (Lipinski definition) is 5. The van der Waals surface area contributed by atoms with Crippen LogP contribution in [-0.4, -0.2) is 45.7 Å². The highest BCUT2D eigenvalue weighted by molar-refractivity contribution is 7.77. The van der Waals surface area contributed by atoms with Crippen molar-refractivity contribution in [2.45, 2.75) is 78.7 Å². The average Bonchev–Trinajstić information content (AvgIpc) is 3.31. The van der Waals surface area contributed by atoms with E-state index >= 15 is 0 Å². The highest BCUT2D eigenvalue weighted by atomic mass is 32.2. The van der Waals surface area contributed by atoms with Crippen LogP contribution < -0.4 is 9.46 Å². The fraction of sp³-hybridized carbons (Fsp3) is 0.516. The maximum atomic E-state index is 13.7. The molecule has 1 aromatic heterocycles. The fourth-order valence-corrected chi connectivity index (χ4v) is 4.93. The quantitative estimate of drug-likeness (QED) is 0.0948. The van der Waals surface area contributed by atoms with Crippen molar-refractivity contribution in [2.75, 3.05) is 26.2 Å². The molecule has 0 saturated heterocycles. The monoisotopic (exact) mass is 556 g/mol. The van der Waals surface area contributed by atoms with Crippen LogP contribution in [0, 0.1) is 0 Å². The molecule has 0 aliphatic rings. The normalized spacial score (nSPS) is 12.3. The summed E-state index contributed by atoms with van der Waals surface area (Å²) in [5.74, 6) is 1.35. The van der Waals surface area contributed by atoms with Gasteiger partial charge in [0, 0.05) is 30.5 Å². The minimum Gasteiger partial charge on any atom is -0.494 e. The van der Waals surface area contributed by atoms with Gasteiger partial charge in [0.05, 0.1) is 12.2 Å². The predicted octanol–water partition coefficient (Wildman–Crippen LogP) is 6.90. The van der Waals surface area contributed by atoms with Crippen LogP contribution in [0.2, 0.25) is 0 Å². The van der Waals surface area contributed by atoms with Crippen molar-refractivity contribution in [3.63, 3.8) is 0 Å². The molecule has 7 nitrogen and oxygen atoms in total. The van der Waals surface area contributed by atoms with Crippen molar-refractivity contribution in [3.05, 3.63) is 64.9 Å². The molecule has 2 aromatic carbocycles. The zero-order valence-corrected chi connectivity index (χ0v) is 24.5. The van der Waals surface area contributed by atoms with Crippen molar-refractivity contribution in [2.24, 2.45) is 0 Å². The Labute approximate surface area is 235 Å². The molecular formula is C31H44N2O5S. The molecule has 1 unspecified atom stereocenters. The summed E-state index contributed by atoms with van der Waals surface area (Å²) >= 11 is -2.11. The largest absolute Gasteiger partial charge is 0.494 e. The molecule has 0 aliphatic heterocycles. The Hall–Kier alpha value is -2.52. The fourth-order valence-electron chi connectivity index (χ4n) is 4.64. The zero-order chi connectivity index (χ0) is 28.0. The number of nitrogens with zero attached hydrogens (tertiary/aromatic N) is 1. The Morgan fingerprint density at radius 3 is 2.26 bits per heavy atom. The molecule has 0 aliphatic carbocycles. The van der Waals surface area contributed by atoms with E-state index in [1.807, 2.05) is 42.5 Å². The number of furan rings is 1. The van der Waals surface area contributed by atoms with Gasteiger partial charge in [-0.25, -0.2) is 8.93 Å². The number of unbranched alkanes of at least 4 members (excludes halogenated alkanes) is 3. The number of nitrogens with one attached hydrogen (secondary N) is 1. The number of carbonyl (C=O) groups is 1. The van der Waals surface area contributed by atoms with Gasteiger partial charge in [-0.05, 0) is 80.7 Å². The Balaban J connectivity index is 1.69. The number of benzene rings is 2. The third kappa shape index (κ3) is 9.57. The Bertz CT molecular complexity index is 1180. The SMILES string of the molecule is CCCCc1oc2ccc(CNS(=O)O)cc2c1C(=O)c1ccc(OCCCN(CCCC)CCCC)cc1. The molecule has 0 amide bonds. The van der Waals surface area contributed by atoms with Crippen LogP contribution in [0.15, 0.2) is 46.9 Å². The second-order valence-corrected chi connectivity index (χ2v) is 10.8. The van der Waals surface area contributed by atoms with Gasteiger partial charge >= 0.3 is 0 Å². The summed E-state index contributed by atoms with van der Waals surface area (Å²) in [5.41, 5.74) is 2.59. The van der Waals surface area contributed by atoms with Crippen LogP contribution in [0.5, 0.6) is 5.75 Å². The number of aryl methyl sites for hydroxylation is 1. The van der Waals surface area contributed by atoms with Crippen LogP contribution in [0.1, 0.15) is 93.0 Å². The van der Waals surface area contributed by atoms with Crippen molar-refractivity contribution < 1.29 is 22.7 Å². The summed E-state index contributed by atoms with van der Waals surface area (Å²) in [6.07, 6.45) is 8.43. The molecule has 3 rings (SSSR count). The lowest BCUT2D eigenvalue weighted by molar-refractivity contribution is 0.103.